The first-order valence-electron chi connectivity index (χ1n) is 5.83. The van der Waals surface area contributed by atoms with Crippen molar-refractivity contribution < 1.29 is 4.42 Å². The molecule has 1 atom stereocenters. The number of hydrogen-bond donors (Lipinski definition) is 1. The summed E-state index contributed by atoms with van der Waals surface area (Å²) in [6.07, 6.45) is 2.25. The van der Waals surface area contributed by atoms with E-state index >= 15 is 0 Å². The molecule has 92 valence electrons. The lowest BCUT2D eigenvalue weighted by molar-refractivity contribution is 0.549. The minimum absolute atomic E-state index is 0.314. The summed E-state index contributed by atoms with van der Waals surface area (Å²) in [6.45, 7) is 4.43. The van der Waals surface area contributed by atoms with Crippen LogP contribution in [-0.2, 0) is 0 Å². The van der Waals surface area contributed by atoms with Crippen LogP contribution in [0.5, 0.6) is 0 Å². The molecule has 17 heavy (non-hydrogen) atoms. The number of hydrogen-bond acceptors (Lipinski definition) is 2. The third kappa shape index (κ3) is 3.00. The summed E-state index contributed by atoms with van der Waals surface area (Å²) in [5, 5.41) is 0. The smallest absolute Gasteiger partial charge is 0.408 e. The number of oxazole rings is 1. The molecule has 1 aromatic heterocycles. The van der Waals surface area contributed by atoms with E-state index in [0.717, 1.165) is 17.5 Å². The van der Waals surface area contributed by atoms with Crippen molar-refractivity contribution in [3.63, 3.8) is 0 Å². The fourth-order valence-electron chi connectivity index (χ4n) is 1.80. The summed E-state index contributed by atoms with van der Waals surface area (Å²) in [6, 6.07) is 5.83. The summed E-state index contributed by atoms with van der Waals surface area (Å²) < 4.78 is 5.05. The van der Waals surface area contributed by atoms with Crippen LogP contribution < -0.4 is 5.76 Å². The van der Waals surface area contributed by atoms with Gasteiger partial charge in [-0.05, 0) is 36.5 Å². The average molecular weight is 298 g/mol. The molecule has 2 rings (SSSR count). The first kappa shape index (κ1) is 12.4. The summed E-state index contributed by atoms with van der Waals surface area (Å²) in [7, 11) is 0. The van der Waals surface area contributed by atoms with Crippen molar-refractivity contribution in [3.05, 3.63) is 34.3 Å². The quantitative estimate of drug-likeness (QED) is 0.867. The molecule has 0 spiro atoms. The van der Waals surface area contributed by atoms with Gasteiger partial charge in [-0.15, -0.1) is 0 Å². The number of benzene rings is 1. The van der Waals surface area contributed by atoms with Crippen LogP contribution in [0, 0.1) is 5.92 Å². The second-order valence-electron chi connectivity index (χ2n) is 4.71. The molecular formula is C13H16BrNO2. The van der Waals surface area contributed by atoms with Crippen molar-refractivity contribution in [1.82, 2.24) is 4.98 Å². The molecule has 0 aliphatic heterocycles. The van der Waals surface area contributed by atoms with E-state index in [4.69, 9.17) is 4.42 Å². The van der Waals surface area contributed by atoms with Gasteiger partial charge in [0.1, 0.15) is 0 Å². The van der Waals surface area contributed by atoms with Crippen LogP contribution in [0.2, 0.25) is 0 Å². The van der Waals surface area contributed by atoms with Crippen molar-refractivity contribution in [2.24, 2.45) is 5.92 Å². The highest BCUT2D eigenvalue weighted by Crippen LogP contribution is 2.30. The molecule has 1 heterocycles. The fourth-order valence-corrected chi connectivity index (χ4v) is 2.35. The molecule has 0 aliphatic rings. The molecule has 0 amide bonds. The number of alkyl halides is 1. The largest absolute Gasteiger partial charge is 0.417 e. The van der Waals surface area contributed by atoms with Crippen molar-refractivity contribution in [1.29, 1.82) is 0 Å². The van der Waals surface area contributed by atoms with Gasteiger partial charge in [0, 0.05) is 4.83 Å². The first-order valence-corrected chi connectivity index (χ1v) is 6.74. The predicted molar refractivity (Wildman–Crippen MR) is 72.6 cm³/mol. The molecule has 0 saturated heterocycles. The Bertz CT molecular complexity index is 556. The zero-order chi connectivity index (χ0) is 12.4. The van der Waals surface area contributed by atoms with Crippen molar-refractivity contribution >= 4 is 27.0 Å². The molecular weight excluding hydrogens is 282 g/mol. The maximum atomic E-state index is 11.1. The van der Waals surface area contributed by atoms with E-state index in [0.29, 0.717) is 16.3 Å². The molecule has 0 saturated carbocycles. The van der Waals surface area contributed by atoms with E-state index in [1.165, 1.54) is 6.42 Å². The maximum absolute atomic E-state index is 11.1. The second kappa shape index (κ2) is 5.08. The summed E-state index contributed by atoms with van der Waals surface area (Å²) in [5.74, 6) is 0.300. The summed E-state index contributed by atoms with van der Waals surface area (Å²) in [5.41, 5.74) is 2.53. The van der Waals surface area contributed by atoms with Crippen LogP contribution in [0.1, 0.15) is 37.1 Å². The molecule has 1 unspecified atom stereocenters. The number of H-pyrrole nitrogens is 1. The van der Waals surface area contributed by atoms with Crippen LogP contribution in [-0.4, -0.2) is 4.98 Å². The number of nitrogens with one attached hydrogen (secondary N) is 1. The van der Waals surface area contributed by atoms with E-state index in [1.54, 1.807) is 0 Å². The Hall–Kier alpha value is -1.03. The van der Waals surface area contributed by atoms with E-state index in [9.17, 15) is 4.79 Å². The van der Waals surface area contributed by atoms with Crippen LogP contribution >= 0.6 is 15.9 Å². The van der Waals surface area contributed by atoms with Gasteiger partial charge in [0.15, 0.2) is 5.58 Å². The van der Waals surface area contributed by atoms with Gasteiger partial charge in [0.05, 0.1) is 5.52 Å². The summed E-state index contributed by atoms with van der Waals surface area (Å²) >= 11 is 3.68. The zero-order valence-electron chi connectivity index (χ0n) is 10.00. The molecule has 1 N–H and O–H groups in total. The normalized spacial score (nSPS) is 13.4. The van der Waals surface area contributed by atoms with Gasteiger partial charge >= 0.3 is 5.76 Å². The fraction of sp³-hybridized carbons (Fsp3) is 0.462. The second-order valence-corrected chi connectivity index (χ2v) is 5.81. The van der Waals surface area contributed by atoms with Crippen LogP contribution in [0.15, 0.2) is 27.4 Å². The molecule has 4 heteroatoms. The highest BCUT2D eigenvalue weighted by molar-refractivity contribution is 9.09. The van der Waals surface area contributed by atoms with E-state index in [-0.39, 0.29) is 0 Å². The SMILES string of the molecule is CC(C)CCC(Br)c1ccc2[nH]c(=O)oc2c1. The van der Waals surface area contributed by atoms with Gasteiger partial charge in [-0.1, -0.05) is 35.8 Å². The lowest BCUT2D eigenvalue weighted by Crippen LogP contribution is -1.94. The molecule has 0 fully saturated rings. The third-order valence-electron chi connectivity index (χ3n) is 2.80. The first-order chi connectivity index (χ1) is 8.06. The van der Waals surface area contributed by atoms with Gasteiger partial charge in [-0.25, -0.2) is 4.79 Å². The Kier molecular flexibility index (Phi) is 3.72. The number of rotatable bonds is 4. The molecule has 3 nitrogen and oxygen atoms in total. The molecule has 0 radical (unpaired) electrons. The Morgan fingerprint density at radius 3 is 2.82 bits per heavy atom. The maximum Gasteiger partial charge on any atom is 0.417 e. The zero-order valence-corrected chi connectivity index (χ0v) is 11.6. The Morgan fingerprint density at radius 2 is 2.12 bits per heavy atom. The van der Waals surface area contributed by atoms with Crippen LogP contribution in [0.3, 0.4) is 0 Å². The van der Waals surface area contributed by atoms with Crippen molar-refractivity contribution in [2.45, 2.75) is 31.5 Å². The average Bonchev–Trinajstić information content (AvgIpc) is 2.64. The standard InChI is InChI=1S/C13H16BrNO2/c1-8(2)3-5-10(14)9-4-6-11-12(7-9)17-13(16)15-11/h4,6-8,10H,3,5H2,1-2H3,(H,15,16). The van der Waals surface area contributed by atoms with Crippen molar-refractivity contribution in [2.75, 3.05) is 0 Å². The third-order valence-corrected chi connectivity index (χ3v) is 3.79. The monoisotopic (exact) mass is 297 g/mol. The number of fused-ring (bicyclic) bond motifs is 1. The number of aromatic amines is 1. The predicted octanol–water partition coefficient (Wildman–Crippen LogP) is 3.99. The van der Waals surface area contributed by atoms with Crippen molar-refractivity contribution in [3.8, 4) is 0 Å². The van der Waals surface area contributed by atoms with Gasteiger partial charge < -0.3 is 4.42 Å². The molecule has 1 aromatic carbocycles. The number of aromatic nitrogens is 1. The van der Waals surface area contributed by atoms with Crippen LogP contribution in [0.25, 0.3) is 11.1 Å². The topological polar surface area (TPSA) is 46.0 Å². The van der Waals surface area contributed by atoms with Gasteiger partial charge in [-0.2, -0.15) is 0 Å². The number of halogens is 1. The van der Waals surface area contributed by atoms with E-state index < -0.39 is 5.76 Å². The minimum Gasteiger partial charge on any atom is -0.408 e. The Labute approximate surface area is 108 Å². The minimum atomic E-state index is -0.398. The highest BCUT2D eigenvalue weighted by Gasteiger charge is 2.10. The molecule has 2 aromatic rings. The van der Waals surface area contributed by atoms with Gasteiger partial charge in [0.2, 0.25) is 0 Å². The molecule has 0 aliphatic carbocycles. The van der Waals surface area contributed by atoms with E-state index in [1.807, 2.05) is 18.2 Å². The Morgan fingerprint density at radius 1 is 1.35 bits per heavy atom. The highest BCUT2D eigenvalue weighted by atomic mass is 79.9. The van der Waals surface area contributed by atoms with E-state index in [2.05, 4.69) is 34.8 Å². The lowest BCUT2D eigenvalue weighted by atomic mass is 10.0. The summed E-state index contributed by atoms with van der Waals surface area (Å²) in [4.78, 5) is 14.0. The molecule has 0 bridgehead atoms. The Balaban J connectivity index is 2.20. The van der Waals surface area contributed by atoms with Crippen LogP contribution in [0.4, 0.5) is 0 Å². The van der Waals surface area contributed by atoms with Gasteiger partial charge in [-0.3, -0.25) is 4.98 Å². The lowest BCUT2D eigenvalue weighted by Gasteiger charge is -2.11. The van der Waals surface area contributed by atoms with Gasteiger partial charge in [0.25, 0.3) is 0 Å².